The summed E-state index contributed by atoms with van der Waals surface area (Å²) < 4.78 is 7.77. The largest absolute Gasteiger partial charge is 0.370 e. The molecule has 0 aliphatic carbocycles. The van der Waals surface area contributed by atoms with Gasteiger partial charge in [-0.15, -0.1) is 0 Å². The second-order valence-corrected chi connectivity index (χ2v) is 8.32. The maximum Gasteiger partial charge on any atom is 0.240 e. The molecule has 1 unspecified atom stereocenters. The van der Waals surface area contributed by atoms with Crippen molar-refractivity contribution >= 4 is 17.5 Å². The predicted molar refractivity (Wildman–Crippen MR) is 114 cm³/mol. The number of ether oxygens (including phenoxy) is 1. The van der Waals surface area contributed by atoms with Crippen molar-refractivity contribution in [2.45, 2.75) is 24.6 Å². The van der Waals surface area contributed by atoms with Gasteiger partial charge in [-0.05, 0) is 24.3 Å². The summed E-state index contributed by atoms with van der Waals surface area (Å²) in [5, 5.41) is 7.03. The first-order valence-electron chi connectivity index (χ1n) is 9.97. The fourth-order valence-corrected chi connectivity index (χ4v) is 4.27. The molecule has 1 aromatic carbocycles. The number of halogens is 1. The molecule has 1 amide bonds. The molecule has 30 heavy (non-hydrogen) atoms. The number of aromatic nitrogens is 3. The molecule has 7 nitrogen and oxygen atoms in total. The molecule has 5 rings (SSSR count). The summed E-state index contributed by atoms with van der Waals surface area (Å²) in [5.41, 5.74) is 3.47. The zero-order valence-electron chi connectivity index (χ0n) is 16.3. The van der Waals surface area contributed by atoms with Crippen LogP contribution in [0.25, 0.3) is 22.5 Å². The highest BCUT2D eigenvalue weighted by atomic mass is 35.5. The van der Waals surface area contributed by atoms with Crippen LogP contribution in [-0.2, 0) is 16.1 Å². The Balaban J connectivity index is 1.39. The SMILES string of the molecule is O=C(Cn1cnc(-c2ccc(Cl)cc2)c1-c1ccncc1)NC1COC2(CNC2)C1. The molecule has 2 saturated heterocycles. The molecule has 3 aromatic rings. The molecule has 1 spiro atoms. The molecule has 2 aromatic heterocycles. The van der Waals surface area contributed by atoms with Crippen LogP contribution in [0.3, 0.4) is 0 Å². The fourth-order valence-electron chi connectivity index (χ4n) is 4.15. The molecule has 0 bridgehead atoms. The Morgan fingerprint density at radius 3 is 2.63 bits per heavy atom. The molecule has 1 atom stereocenters. The minimum Gasteiger partial charge on any atom is -0.370 e. The van der Waals surface area contributed by atoms with Crippen molar-refractivity contribution in [3.05, 3.63) is 60.1 Å². The predicted octanol–water partition coefficient (Wildman–Crippen LogP) is 2.51. The van der Waals surface area contributed by atoms with Gasteiger partial charge in [-0.1, -0.05) is 23.7 Å². The van der Waals surface area contributed by atoms with Crippen LogP contribution in [-0.4, -0.2) is 51.8 Å². The number of carbonyl (C=O) groups excluding carboxylic acids is 1. The molecule has 2 fully saturated rings. The molecular formula is C22H22ClN5O2. The van der Waals surface area contributed by atoms with Gasteiger partial charge in [-0.3, -0.25) is 9.78 Å². The van der Waals surface area contributed by atoms with Crippen LogP contribution in [0, 0.1) is 0 Å². The number of imidazole rings is 1. The standard InChI is InChI=1S/C22H22ClN5O2/c23-17-3-1-15(2-4-17)20-21(16-5-7-24-8-6-16)28(14-26-20)10-19(29)27-18-9-22(30-11-18)12-25-13-22/h1-8,14,18,25H,9-13H2,(H,27,29). The number of nitrogens with one attached hydrogen (secondary N) is 2. The first kappa shape index (κ1) is 19.2. The lowest BCUT2D eigenvalue weighted by atomic mass is 9.92. The van der Waals surface area contributed by atoms with Crippen LogP contribution in [0.4, 0.5) is 0 Å². The number of benzene rings is 1. The molecule has 154 valence electrons. The van der Waals surface area contributed by atoms with Crippen LogP contribution >= 0.6 is 11.6 Å². The number of rotatable bonds is 5. The number of pyridine rings is 1. The maximum atomic E-state index is 12.8. The maximum absolute atomic E-state index is 12.8. The van der Waals surface area contributed by atoms with E-state index in [-0.39, 0.29) is 24.1 Å². The van der Waals surface area contributed by atoms with Crippen molar-refractivity contribution in [3.8, 4) is 22.5 Å². The van der Waals surface area contributed by atoms with Crippen molar-refractivity contribution in [1.82, 2.24) is 25.2 Å². The molecule has 2 aliphatic rings. The van der Waals surface area contributed by atoms with E-state index >= 15 is 0 Å². The van der Waals surface area contributed by atoms with Crippen molar-refractivity contribution in [2.24, 2.45) is 0 Å². The van der Waals surface area contributed by atoms with Gasteiger partial charge in [0.2, 0.25) is 5.91 Å². The van der Waals surface area contributed by atoms with Gasteiger partial charge in [0.15, 0.2) is 0 Å². The number of hydrogen-bond acceptors (Lipinski definition) is 5. The summed E-state index contributed by atoms with van der Waals surface area (Å²) in [4.78, 5) is 21.5. The summed E-state index contributed by atoms with van der Waals surface area (Å²) in [6, 6.07) is 11.4. The van der Waals surface area contributed by atoms with Gasteiger partial charge >= 0.3 is 0 Å². The Bertz CT molecular complexity index is 1050. The number of nitrogens with zero attached hydrogens (tertiary/aromatic N) is 3. The van der Waals surface area contributed by atoms with E-state index in [2.05, 4.69) is 20.6 Å². The fraction of sp³-hybridized carbons (Fsp3) is 0.318. The van der Waals surface area contributed by atoms with E-state index in [1.54, 1.807) is 18.7 Å². The smallest absolute Gasteiger partial charge is 0.240 e. The Hall–Kier alpha value is -2.74. The highest BCUT2D eigenvalue weighted by Crippen LogP contribution is 2.32. The van der Waals surface area contributed by atoms with Crippen LogP contribution < -0.4 is 10.6 Å². The van der Waals surface area contributed by atoms with Gasteiger partial charge < -0.3 is 19.9 Å². The van der Waals surface area contributed by atoms with E-state index in [1.807, 2.05) is 41.0 Å². The molecular weight excluding hydrogens is 402 g/mol. The molecule has 2 aliphatic heterocycles. The zero-order valence-corrected chi connectivity index (χ0v) is 17.1. The first-order chi connectivity index (χ1) is 14.6. The Labute approximate surface area is 179 Å². The third kappa shape index (κ3) is 3.71. The second-order valence-electron chi connectivity index (χ2n) is 7.88. The van der Waals surface area contributed by atoms with Gasteiger partial charge in [-0.25, -0.2) is 4.98 Å². The highest BCUT2D eigenvalue weighted by Gasteiger charge is 2.45. The summed E-state index contributed by atoms with van der Waals surface area (Å²) in [7, 11) is 0. The third-order valence-corrected chi connectivity index (χ3v) is 5.94. The summed E-state index contributed by atoms with van der Waals surface area (Å²) in [6.45, 7) is 2.46. The Morgan fingerprint density at radius 2 is 1.97 bits per heavy atom. The van der Waals surface area contributed by atoms with E-state index in [4.69, 9.17) is 16.3 Å². The van der Waals surface area contributed by atoms with E-state index in [0.29, 0.717) is 11.6 Å². The van der Waals surface area contributed by atoms with Gasteiger partial charge in [0, 0.05) is 48.1 Å². The van der Waals surface area contributed by atoms with Gasteiger partial charge in [0.05, 0.1) is 36.0 Å². The van der Waals surface area contributed by atoms with Crippen LogP contribution in [0.15, 0.2) is 55.1 Å². The van der Waals surface area contributed by atoms with Crippen molar-refractivity contribution in [1.29, 1.82) is 0 Å². The van der Waals surface area contributed by atoms with E-state index in [9.17, 15) is 4.79 Å². The number of hydrogen-bond donors (Lipinski definition) is 2. The molecule has 4 heterocycles. The molecule has 0 saturated carbocycles. The summed E-state index contributed by atoms with van der Waals surface area (Å²) >= 11 is 6.04. The topological polar surface area (TPSA) is 81.1 Å². The molecule has 2 N–H and O–H groups in total. The quantitative estimate of drug-likeness (QED) is 0.659. The van der Waals surface area contributed by atoms with Crippen molar-refractivity contribution in [2.75, 3.05) is 19.7 Å². The van der Waals surface area contributed by atoms with Crippen LogP contribution in [0.2, 0.25) is 5.02 Å². The minimum atomic E-state index is -0.0864. The van der Waals surface area contributed by atoms with E-state index in [0.717, 1.165) is 42.0 Å². The Morgan fingerprint density at radius 1 is 1.20 bits per heavy atom. The van der Waals surface area contributed by atoms with Gasteiger partial charge in [0.25, 0.3) is 0 Å². The van der Waals surface area contributed by atoms with Crippen LogP contribution in [0.1, 0.15) is 6.42 Å². The third-order valence-electron chi connectivity index (χ3n) is 5.69. The normalized spacial score (nSPS) is 19.6. The average molecular weight is 424 g/mol. The lowest BCUT2D eigenvalue weighted by molar-refractivity contribution is -0.122. The van der Waals surface area contributed by atoms with Crippen molar-refractivity contribution in [3.63, 3.8) is 0 Å². The van der Waals surface area contributed by atoms with Crippen molar-refractivity contribution < 1.29 is 9.53 Å². The summed E-state index contributed by atoms with van der Waals surface area (Å²) in [6.07, 6.45) is 6.03. The highest BCUT2D eigenvalue weighted by molar-refractivity contribution is 6.30. The molecule has 8 heteroatoms. The van der Waals surface area contributed by atoms with Gasteiger partial charge in [-0.2, -0.15) is 0 Å². The number of amides is 1. The number of carbonyl (C=O) groups is 1. The lowest BCUT2D eigenvalue weighted by Crippen LogP contribution is -2.59. The van der Waals surface area contributed by atoms with Gasteiger partial charge in [0.1, 0.15) is 6.54 Å². The second kappa shape index (κ2) is 7.83. The molecule has 0 radical (unpaired) electrons. The first-order valence-corrected chi connectivity index (χ1v) is 10.4. The minimum absolute atomic E-state index is 0.0447. The average Bonchev–Trinajstić information content (AvgIpc) is 3.34. The van der Waals surface area contributed by atoms with Crippen LogP contribution in [0.5, 0.6) is 0 Å². The summed E-state index contributed by atoms with van der Waals surface area (Å²) in [5.74, 6) is -0.0525. The Kier molecular flexibility index (Phi) is 5.02. The monoisotopic (exact) mass is 423 g/mol. The van der Waals surface area contributed by atoms with E-state index in [1.165, 1.54) is 0 Å². The zero-order chi connectivity index (χ0) is 20.6. The van der Waals surface area contributed by atoms with E-state index < -0.39 is 0 Å². The lowest BCUT2D eigenvalue weighted by Gasteiger charge is -2.38.